The first-order chi connectivity index (χ1) is 22.4. The van der Waals surface area contributed by atoms with Crippen LogP contribution in [0.2, 0.25) is 0 Å². The van der Waals surface area contributed by atoms with Crippen LogP contribution in [-0.2, 0) is 22.6 Å². The molecule has 3 aromatic carbocycles. The molecule has 1 atom stereocenters. The van der Waals surface area contributed by atoms with E-state index in [-0.39, 0.29) is 24.7 Å². The van der Waals surface area contributed by atoms with Crippen LogP contribution >= 0.6 is 15.9 Å². The standard InChI is InChI=1S/C34H27BrFN5O5/c1-43-28-10-6-4-8-25(28)32-37-16-15-24(40-32)19-45-27-9-5-3-7-22(27)17-29(34(42)44-2)46-33-31-30(35)26(18-41(31)39-20-38-33)21-11-13-23(36)14-12-21/h3-16,18,20,29H,17,19H2,1-2H3/t29-/m1/s1. The van der Waals surface area contributed by atoms with E-state index >= 15 is 0 Å². The molecule has 0 aliphatic heterocycles. The predicted molar refractivity (Wildman–Crippen MR) is 171 cm³/mol. The van der Waals surface area contributed by atoms with Gasteiger partial charge in [-0.2, -0.15) is 10.1 Å². The number of fused-ring (bicyclic) bond motifs is 1. The first-order valence-corrected chi connectivity index (χ1v) is 14.9. The monoisotopic (exact) mass is 683 g/mol. The fourth-order valence-electron chi connectivity index (χ4n) is 4.91. The Morgan fingerprint density at radius 2 is 1.70 bits per heavy atom. The molecule has 232 valence electrons. The zero-order valence-electron chi connectivity index (χ0n) is 24.8. The van der Waals surface area contributed by atoms with Crippen molar-refractivity contribution in [2.45, 2.75) is 19.1 Å². The Kier molecular flexibility index (Phi) is 9.15. The number of carbonyl (C=O) groups is 1. The summed E-state index contributed by atoms with van der Waals surface area (Å²) in [5.41, 5.74) is 4.14. The van der Waals surface area contributed by atoms with Gasteiger partial charge < -0.3 is 18.9 Å². The summed E-state index contributed by atoms with van der Waals surface area (Å²) in [7, 11) is 2.90. The van der Waals surface area contributed by atoms with E-state index < -0.39 is 12.1 Å². The third kappa shape index (κ3) is 6.52. The van der Waals surface area contributed by atoms with Crippen molar-refractivity contribution in [1.29, 1.82) is 0 Å². The van der Waals surface area contributed by atoms with E-state index in [0.717, 1.165) is 16.7 Å². The third-order valence-electron chi connectivity index (χ3n) is 7.17. The Hall–Kier alpha value is -5.36. The van der Waals surface area contributed by atoms with Crippen molar-refractivity contribution in [2.24, 2.45) is 0 Å². The number of aromatic nitrogens is 5. The lowest BCUT2D eigenvalue weighted by Crippen LogP contribution is -2.31. The summed E-state index contributed by atoms with van der Waals surface area (Å²) >= 11 is 3.62. The molecule has 0 radical (unpaired) electrons. The van der Waals surface area contributed by atoms with Crippen LogP contribution < -0.4 is 14.2 Å². The molecule has 0 saturated carbocycles. The second-order valence-electron chi connectivity index (χ2n) is 10.0. The molecular weight excluding hydrogens is 657 g/mol. The summed E-state index contributed by atoms with van der Waals surface area (Å²) in [5.74, 6) is 0.958. The van der Waals surface area contributed by atoms with Crippen LogP contribution in [0.15, 0.2) is 102 Å². The molecule has 0 aliphatic rings. The second kappa shape index (κ2) is 13.7. The Bertz CT molecular complexity index is 2000. The van der Waals surface area contributed by atoms with E-state index in [9.17, 15) is 9.18 Å². The average Bonchev–Trinajstić information content (AvgIpc) is 3.44. The third-order valence-corrected chi connectivity index (χ3v) is 7.97. The molecule has 0 spiro atoms. The number of halogens is 2. The van der Waals surface area contributed by atoms with Gasteiger partial charge in [-0.1, -0.05) is 42.5 Å². The molecule has 6 aromatic rings. The molecule has 3 heterocycles. The molecule has 0 aliphatic carbocycles. The fourth-order valence-corrected chi connectivity index (χ4v) is 5.59. The van der Waals surface area contributed by atoms with Crippen molar-refractivity contribution >= 4 is 27.4 Å². The van der Waals surface area contributed by atoms with Gasteiger partial charge in [-0.3, -0.25) is 0 Å². The zero-order valence-corrected chi connectivity index (χ0v) is 26.3. The molecule has 46 heavy (non-hydrogen) atoms. The molecule has 0 amide bonds. The van der Waals surface area contributed by atoms with Gasteiger partial charge in [0.05, 0.1) is 29.9 Å². The Morgan fingerprint density at radius 3 is 2.48 bits per heavy atom. The number of nitrogens with zero attached hydrogens (tertiary/aromatic N) is 5. The normalized spacial score (nSPS) is 11.7. The summed E-state index contributed by atoms with van der Waals surface area (Å²) in [6, 6.07) is 22.7. The van der Waals surface area contributed by atoms with E-state index in [0.29, 0.717) is 38.6 Å². The van der Waals surface area contributed by atoms with Crippen molar-refractivity contribution < 1.29 is 28.1 Å². The lowest BCUT2D eigenvalue weighted by atomic mass is 10.1. The summed E-state index contributed by atoms with van der Waals surface area (Å²) in [6.45, 7) is 0.154. The van der Waals surface area contributed by atoms with Crippen molar-refractivity contribution in [1.82, 2.24) is 24.6 Å². The Balaban J connectivity index is 1.24. The minimum absolute atomic E-state index is 0.123. The minimum atomic E-state index is -1.07. The molecule has 12 heteroatoms. The number of benzene rings is 3. The lowest BCUT2D eigenvalue weighted by Gasteiger charge is -2.19. The zero-order chi connectivity index (χ0) is 32.0. The van der Waals surface area contributed by atoms with Crippen LogP contribution in [0.3, 0.4) is 0 Å². The average molecular weight is 685 g/mol. The van der Waals surface area contributed by atoms with Gasteiger partial charge in [-0.15, -0.1) is 0 Å². The molecule has 0 unspecified atom stereocenters. The van der Waals surface area contributed by atoms with Crippen molar-refractivity contribution in [3.05, 3.63) is 119 Å². The maximum atomic E-state index is 13.6. The van der Waals surface area contributed by atoms with Crippen LogP contribution in [0.4, 0.5) is 4.39 Å². The highest BCUT2D eigenvalue weighted by Crippen LogP contribution is 2.37. The molecule has 10 nitrogen and oxygen atoms in total. The van der Waals surface area contributed by atoms with Gasteiger partial charge in [0.15, 0.2) is 5.82 Å². The number of hydrogen-bond donors (Lipinski definition) is 0. The SMILES string of the molecule is COC(=O)[C@@H](Cc1ccccc1OCc1ccnc(-c2ccccc2OC)n1)Oc1ncnn2cc(-c3ccc(F)cc3)c(Br)c12. The molecule has 6 rings (SSSR count). The van der Waals surface area contributed by atoms with Gasteiger partial charge in [0, 0.05) is 24.4 Å². The quantitative estimate of drug-likeness (QED) is 0.141. The summed E-state index contributed by atoms with van der Waals surface area (Å²) < 4.78 is 38.7. The van der Waals surface area contributed by atoms with Gasteiger partial charge in [0.1, 0.15) is 35.8 Å². The molecule has 0 fully saturated rings. The van der Waals surface area contributed by atoms with Crippen molar-refractivity contribution in [2.75, 3.05) is 14.2 Å². The Morgan fingerprint density at radius 1 is 0.935 bits per heavy atom. The molecule has 0 bridgehead atoms. The van der Waals surface area contributed by atoms with E-state index in [1.165, 1.54) is 25.6 Å². The first kappa shape index (κ1) is 30.7. The number of carbonyl (C=O) groups excluding carboxylic acids is 1. The van der Waals surface area contributed by atoms with Crippen LogP contribution in [0, 0.1) is 5.82 Å². The number of para-hydroxylation sites is 2. The van der Waals surface area contributed by atoms with Crippen molar-refractivity contribution in [3.63, 3.8) is 0 Å². The number of methoxy groups -OCH3 is 2. The molecule has 0 saturated heterocycles. The van der Waals surface area contributed by atoms with Crippen LogP contribution in [-0.4, -0.2) is 50.9 Å². The van der Waals surface area contributed by atoms with Crippen molar-refractivity contribution in [3.8, 4) is 39.9 Å². The number of rotatable bonds is 11. The largest absolute Gasteiger partial charge is 0.496 e. The highest BCUT2D eigenvalue weighted by atomic mass is 79.9. The Labute approximate surface area is 271 Å². The van der Waals surface area contributed by atoms with Gasteiger partial charge in [0.2, 0.25) is 12.0 Å². The van der Waals surface area contributed by atoms with E-state index in [4.69, 9.17) is 18.9 Å². The summed E-state index contributed by atoms with van der Waals surface area (Å²) in [6.07, 6.45) is 3.82. The maximum Gasteiger partial charge on any atom is 0.347 e. The number of ether oxygens (including phenoxy) is 4. The first-order valence-electron chi connectivity index (χ1n) is 14.1. The molecular formula is C34H27BrFN5O5. The maximum absolute atomic E-state index is 13.6. The highest BCUT2D eigenvalue weighted by Gasteiger charge is 2.27. The van der Waals surface area contributed by atoms with E-state index in [2.05, 4.69) is 36.0 Å². The summed E-state index contributed by atoms with van der Waals surface area (Å²) in [4.78, 5) is 26.4. The van der Waals surface area contributed by atoms with E-state index in [1.54, 1.807) is 42.2 Å². The van der Waals surface area contributed by atoms with Crippen LogP contribution in [0.1, 0.15) is 11.3 Å². The predicted octanol–water partition coefficient (Wildman–Crippen LogP) is 6.51. The molecule has 0 N–H and O–H groups in total. The minimum Gasteiger partial charge on any atom is -0.496 e. The fraction of sp³-hybridized carbons (Fsp3) is 0.147. The smallest absolute Gasteiger partial charge is 0.347 e. The van der Waals surface area contributed by atoms with E-state index in [1.807, 2.05) is 48.5 Å². The molecule has 3 aromatic heterocycles. The van der Waals surface area contributed by atoms with Gasteiger partial charge in [-0.25, -0.2) is 23.7 Å². The topological polar surface area (TPSA) is 110 Å². The number of esters is 1. The summed E-state index contributed by atoms with van der Waals surface area (Å²) in [5, 5.41) is 4.29. The van der Waals surface area contributed by atoms with Gasteiger partial charge in [0.25, 0.3) is 0 Å². The van der Waals surface area contributed by atoms with Gasteiger partial charge in [-0.05, 0) is 63.5 Å². The highest BCUT2D eigenvalue weighted by molar-refractivity contribution is 9.10. The second-order valence-corrected chi connectivity index (χ2v) is 10.8. The van der Waals surface area contributed by atoms with Crippen LogP contribution in [0.5, 0.6) is 17.4 Å². The number of hydrogen-bond acceptors (Lipinski definition) is 9. The lowest BCUT2D eigenvalue weighted by molar-refractivity contribution is -0.148. The van der Waals surface area contributed by atoms with Gasteiger partial charge >= 0.3 is 5.97 Å². The van der Waals surface area contributed by atoms with Crippen LogP contribution in [0.25, 0.3) is 28.0 Å².